The van der Waals surface area contributed by atoms with Crippen molar-refractivity contribution in [1.82, 2.24) is 0 Å². The minimum Gasteiger partial charge on any atom is -0.384 e. The summed E-state index contributed by atoms with van der Waals surface area (Å²) in [6, 6.07) is 6.16. The van der Waals surface area contributed by atoms with Crippen molar-refractivity contribution < 1.29 is 0 Å². The van der Waals surface area contributed by atoms with Gasteiger partial charge in [0.15, 0.2) is 0 Å². The summed E-state index contributed by atoms with van der Waals surface area (Å²) in [5, 5.41) is 3.43. The lowest BCUT2D eigenvalue weighted by Crippen LogP contribution is -2.10. The maximum absolute atomic E-state index is 3.52. The zero-order valence-electron chi connectivity index (χ0n) is 8.48. The zero-order valence-corrected chi connectivity index (χ0v) is 11.7. The van der Waals surface area contributed by atoms with Crippen molar-refractivity contribution in [2.45, 2.75) is 20.3 Å². The molecule has 14 heavy (non-hydrogen) atoms. The molecule has 1 atom stereocenters. The van der Waals surface area contributed by atoms with Crippen molar-refractivity contribution in [2.24, 2.45) is 5.92 Å². The first-order valence-corrected chi connectivity index (χ1v) is 6.41. The van der Waals surface area contributed by atoms with Crippen molar-refractivity contribution in [3.8, 4) is 0 Å². The Morgan fingerprint density at radius 3 is 2.71 bits per heavy atom. The molecule has 1 unspecified atom stereocenters. The summed E-state index contributed by atoms with van der Waals surface area (Å²) < 4.78 is 2.22. The van der Waals surface area contributed by atoms with Crippen LogP contribution in [0.3, 0.4) is 0 Å². The molecule has 0 saturated heterocycles. The van der Waals surface area contributed by atoms with Gasteiger partial charge in [-0.3, -0.25) is 0 Å². The summed E-state index contributed by atoms with van der Waals surface area (Å²) in [4.78, 5) is 0. The highest BCUT2D eigenvalue weighted by atomic mass is 79.9. The molecule has 0 fully saturated rings. The number of hydrogen-bond acceptors (Lipinski definition) is 1. The first kappa shape index (κ1) is 12.1. The van der Waals surface area contributed by atoms with E-state index in [2.05, 4.69) is 57.1 Å². The molecule has 0 spiro atoms. The molecule has 78 valence electrons. The fourth-order valence-corrected chi connectivity index (χ4v) is 1.81. The number of hydrogen-bond donors (Lipinski definition) is 1. The number of rotatable bonds is 4. The van der Waals surface area contributed by atoms with Crippen LogP contribution in [0.2, 0.25) is 0 Å². The molecule has 0 amide bonds. The molecule has 1 N–H and O–H groups in total. The molecule has 0 aliphatic rings. The SMILES string of the molecule is CCC(C)CNc1cc(Br)ccc1Br. The predicted molar refractivity (Wildman–Crippen MR) is 69.8 cm³/mol. The van der Waals surface area contributed by atoms with Gasteiger partial charge in [0.05, 0.1) is 0 Å². The third kappa shape index (κ3) is 3.62. The highest BCUT2D eigenvalue weighted by Gasteiger charge is 2.02. The van der Waals surface area contributed by atoms with Gasteiger partial charge in [0.2, 0.25) is 0 Å². The molecule has 0 saturated carbocycles. The summed E-state index contributed by atoms with van der Waals surface area (Å²) in [7, 11) is 0. The summed E-state index contributed by atoms with van der Waals surface area (Å²) in [6.07, 6.45) is 1.21. The Hall–Kier alpha value is -0.0200. The molecule has 0 aromatic heterocycles. The standard InChI is InChI=1S/C11H15Br2N/c1-3-8(2)7-14-11-6-9(12)4-5-10(11)13/h4-6,8,14H,3,7H2,1-2H3. The van der Waals surface area contributed by atoms with E-state index < -0.39 is 0 Å². The summed E-state index contributed by atoms with van der Waals surface area (Å²) in [6.45, 7) is 5.48. The van der Waals surface area contributed by atoms with Gasteiger partial charge in [-0.2, -0.15) is 0 Å². The van der Waals surface area contributed by atoms with Gasteiger partial charge >= 0.3 is 0 Å². The topological polar surface area (TPSA) is 12.0 Å². The lowest BCUT2D eigenvalue weighted by atomic mass is 10.1. The van der Waals surface area contributed by atoms with Gasteiger partial charge in [0.25, 0.3) is 0 Å². The van der Waals surface area contributed by atoms with Crippen LogP contribution in [-0.2, 0) is 0 Å². The largest absolute Gasteiger partial charge is 0.384 e. The average molecular weight is 321 g/mol. The Balaban J connectivity index is 2.62. The number of nitrogens with one attached hydrogen (secondary N) is 1. The highest BCUT2D eigenvalue weighted by molar-refractivity contribution is 9.11. The fourth-order valence-electron chi connectivity index (χ4n) is 1.06. The average Bonchev–Trinajstić information content (AvgIpc) is 2.19. The molecule has 0 heterocycles. The maximum Gasteiger partial charge on any atom is 0.0496 e. The van der Waals surface area contributed by atoms with E-state index >= 15 is 0 Å². The highest BCUT2D eigenvalue weighted by Crippen LogP contribution is 2.26. The van der Waals surface area contributed by atoms with E-state index in [1.807, 2.05) is 12.1 Å². The maximum atomic E-state index is 3.52. The summed E-state index contributed by atoms with van der Waals surface area (Å²) >= 11 is 6.98. The monoisotopic (exact) mass is 319 g/mol. The number of benzene rings is 1. The van der Waals surface area contributed by atoms with Crippen LogP contribution in [0.4, 0.5) is 5.69 Å². The van der Waals surface area contributed by atoms with Crippen molar-refractivity contribution in [2.75, 3.05) is 11.9 Å². The van der Waals surface area contributed by atoms with E-state index in [1.54, 1.807) is 0 Å². The van der Waals surface area contributed by atoms with Gasteiger partial charge in [0.1, 0.15) is 0 Å². The second kappa shape index (κ2) is 5.76. The number of halogens is 2. The van der Waals surface area contributed by atoms with E-state index in [0.29, 0.717) is 5.92 Å². The van der Waals surface area contributed by atoms with Crippen molar-refractivity contribution in [3.05, 3.63) is 27.1 Å². The molecule has 1 aromatic carbocycles. The van der Waals surface area contributed by atoms with E-state index in [9.17, 15) is 0 Å². The van der Waals surface area contributed by atoms with Crippen LogP contribution < -0.4 is 5.32 Å². The summed E-state index contributed by atoms with van der Waals surface area (Å²) in [5.41, 5.74) is 1.15. The minimum atomic E-state index is 0.709. The quantitative estimate of drug-likeness (QED) is 0.850. The van der Waals surface area contributed by atoms with Crippen LogP contribution in [0.5, 0.6) is 0 Å². The van der Waals surface area contributed by atoms with E-state index in [1.165, 1.54) is 6.42 Å². The van der Waals surface area contributed by atoms with Crippen molar-refractivity contribution >= 4 is 37.5 Å². The molecular formula is C11H15Br2N. The van der Waals surface area contributed by atoms with Gasteiger partial charge in [-0.05, 0) is 40.0 Å². The Labute approximate surface area is 103 Å². The van der Waals surface area contributed by atoms with E-state index in [-0.39, 0.29) is 0 Å². The van der Waals surface area contributed by atoms with Gasteiger partial charge in [-0.15, -0.1) is 0 Å². The molecule has 0 bridgehead atoms. The lowest BCUT2D eigenvalue weighted by Gasteiger charge is -2.12. The third-order valence-corrected chi connectivity index (χ3v) is 3.45. The fraction of sp³-hybridized carbons (Fsp3) is 0.455. The van der Waals surface area contributed by atoms with Crippen LogP contribution in [0.25, 0.3) is 0 Å². The normalized spacial score (nSPS) is 12.6. The van der Waals surface area contributed by atoms with Crippen LogP contribution >= 0.6 is 31.9 Å². The van der Waals surface area contributed by atoms with Crippen LogP contribution in [0.1, 0.15) is 20.3 Å². The molecule has 1 aromatic rings. The third-order valence-electron chi connectivity index (χ3n) is 2.27. The summed E-state index contributed by atoms with van der Waals surface area (Å²) in [5.74, 6) is 0.709. The molecule has 0 aliphatic carbocycles. The second-order valence-corrected chi connectivity index (χ2v) is 5.29. The van der Waals surface area contributed by atoms with Crippen LogP contribution in [-0.4, -0.2) is 6.54 Å². The van der Waals surface area contributed by atoms with Gasteiger partial charge in [0, 0.05) is 21.2 Å². The molecular weight excluding hydrogens is 306 g/mol. The van der Waals surface area contributed by atoms with Crippen molar-refractivity contribution in [1.29, 1.82) is 0 Å². The van der Waals surface area contributed by atoms with Gasteiger partial charge < -0.3 is 5.32 Å². The smallest absolute Gasteiger partial charge is 0.0496 e. The Bertz CT molecular complexity index is 299. The lowest BCUT2D eigenvalue weighted by molar-refractivity contribution is 0.593. The van der Waals surface area contributed by atoms with Crippen LogP contribution in [0.15, 0.2) is 27.1 Å². The van der Waals surface area contributed by atoms with Crippen molar-refractivity contribution in [3.63, 3.8) is 0 Å². The molecule has 3 heteroatoms. The Morgan fingerprint density at radius 2 is 2.07 bits per heavy atom. The predicted octanol–water partition coefficient (Wildman–Crippen LogP) is 4.67. The van der Waals surface area contributed by atoms with E-state index in [0.717, 1.165) is 21.2 Å². The van der Waals surface area contributed by atoms with Crippen LogP contribution in [0, 0.1) is 5.92 Å². The number of anilines is 1. The Kier molecular flexibility index (Phi) is 4.96. The molecule has 0 radical (unpaired) electrons. The first-order chi connectivity index (χ1) is 6.63. The second-order valence-electron chi connectivity index (χ2n) is 3.52. The van der Waals surface area contributed by atoms with E-state index in [4.69, 9.17) is 0 Å². The zero-order chi connectivity index (χ0) is 10.6. The first-order valence-electron chi connectivity index (χ1n) is 4.82. The molecule has 0 aliphatic heterocycles. The minimum absolute atomic E-state index is 0.709. The molecule has 1 nitrogen and oxygen atoms in total. The van der Waals surface area contributed by atoms with Gasteiger partial charge in [-0.25, -0.2) is 0 Å². The molecule has 1 rings (SSSR count). The van der Waals surface area contributed by atoms with Gasteiger partial charge in [-0.1, -0.05) is 36.2 Å². The Morgan fingerprint density at radius 1 is 1.36 bits per heavy atom.